The van der Waals surface area contributed by atoms with Crippen LogP contribution in [0.3, 0.4) is 0 Å². The van der Waals surface area contributed by atoms with Gasteiger partial charge < -0.3 is 5.73 Å². The van der Waals surface area contributed by atoms with Gasteiger partial charge in [-0.05, 0) is 29.6 Å². The molecule has 0 fully saturated rings. The van der Waals surface area contributed by atoms with E-state index in [1.807, 2.05) is 16.8 Å². The lowest BCUT2D eigenvalue weighted by atomic mass is 10.1. The fourth-order valence-corrected chi connectivity index (χ4v) is 2.33. The third-order valence-corrected chi connectivity index (χ3v) is 3.39. The van der Waals surface area contributed by atoms with Gasteiger partial charge in [-0.25, -0.2) is 0 Å². The Morgan fingerprint density at radius 2 is 2.13 bits per heavy atom. The molecule has 1 aromatic heterocycles. The van der Waals surface area contributed by atoms with Crippen LogP contribution in [0.4, 0.5) is 5.69 Å². The minimum Gasteiger partial charge on any atom is -0.399 e. The van der Waals surface area contributed by atoms with Crippen LogP contribution < -0.4 is 5.73 Å². The first-order valence-electron chi connectivity index (χ1n) is 4.30. The third kappa shape index (κ3) is 2.11. The summed E-state index contributed by atoms with van der Waals surface area (Å²) in [6, 6.07) is 7.04. The number of halogens is 1. The van der Waals surface area contributed by atoms with Crippen molar-refractivity contribution in [1.29, 1.82) is 0 Å². The Kier molecular flexibility index (Phi) is 2.88. The van der Waals surface area contributed by atoms with E-state index in [1.54, 1.807) is 18.2 Å². The molecule has 0 aliphatic rings. The van der Waals surface area contributed by atoms with Crippen molar-refractivity contribution in [3.05, 3.63) is 50.6 Å². The Balaban J connectivity index is 2.46. The number of rotatable bonds is 2. The molecule has 0 amide bonds. The number of hydrogen-bond acceptors (Lipinski definition) is 3. The number of nitrogens with two attached hydrogens (primary N) is 1. The molecule has 1 aromatic carbocycles. The van der Waals surface area contributed by atoms with Gasteiger partial charge in [-0.15, -0.1) is 0 Å². The van der Waals surface area contributed by atoms with E-state index in [4.69, 9.17) is 5.73 Å². The minimum absolute atomic E-state index is 0.00424. The van der Waals surface area contributed by atoms with Crippen molar-refractivity contribution in [1.82, 2.24) is 0 Å². The molecule has 0 radical (unpaired) electrons. The summed E-state index contributed by atoms with van der Waals surface area (Å²) < 4.78 is 0.771. The number of anilines is 1. The average molecular weight is 282 g/mol. The van der Waals surface area contributed by atoms with Crippen LogP contribution in [0, 0.1) is 0 Å². The summed E-state index contributed by atoms with van der Waals surface area (Å²) in [5, 5.41) is 3.71. The van der Waals surface area contributed by atoms with Crippen LogP contribution in [0.1, 0.15) is 15.9 Å². The molecule has 0 unspecified atom stereocenters. The van der Waals surface area contributed by atoms with Crippen LogP contribution in [0.15, 0.2) is 39.5 Å². The first-order valence-corrected chi connectivity index (χ1v) is 6.04. The molecule has 15 heavy (non-hydrogen) atoms. The second kappa shape index (κ2) is 4.16. The number of carbonyl (C=O) groups excluding carboxylic acids is 1. The lowest BCUT2D eigenvalue weighted by Gasteiger charge is -2.03. The highest BCUT2D eigenvalue weighted by Gasteiger charge is 2.12. The molecule has 0 aliphatic heterocycles. The highest BCUT2D eigenvalue weighted by Crippen LogP contribution is 2.23. The van der Waals surface area contributed by atoms with Crippen molar-refractivity contribution in [2.75, 3.05) is 5.73 Å². The number of hydrogen-bond donors (Lipinski definition) is 1. The minimum atomic E-state index is -0.00424. The molecular weight excluding hydrogens is 274 g/mol. The molecule has 0 spiro atoms. The van der Waals surface area contributed by atoms with Gasteiger partial charge in [0.25, 0.3) is 0 Å². The molecular formula is C11H8BrNOS. The molecule has 0 bridgehead atoms. The Bertz CT molecular complexity index is 493. The Morgan fingerprint density at radius 1 is 1.33 bits per heavy atom. The normalized spacial score (nSPS) is 10.2. The predicted molar refractivity (Wildman–Crippen MR) is 66.3 cm³/mol. The van der Waals surface area contributed by atoms with Gasteiger partial charge in [0.15, 0.2) is 5.78 Å². The molecule has 2 rings (SSSR count). The van der Waals surface area contributed by atoms with E-state index in [2.05, 4.69) is 15.9 Å². The largest absolute Gasteiger partial charge is 0.399 e. The molecule has 0 saturated carbocycles. The van der Waals surface area contributed by atoms with Crippen LogP contribution in [-0.4, -0.2) is 5.78 Å². The van der Waals surface area contributed by atoms with Crippen LogP contribution in [0.25, 0.3) is 0 Å². The molecule has 2 nitrogen and oxygen atoms in total. The smallest absolute Gasteiger partial charge is 0.195 e. The van der Waals surface area contributed by atoms with Crippen LogP contribution in [0.5, 0.6) is 0 Å². The fraction of sp³-hybridized carbons (Fsp3) is 0. The van der Waals surface area contributed by atoms with Crippen LogP contribution in [0.2, 0.25) is 0 Å². The second-order valence-electron chi connectivity index (χ2n) is 3.08. The van der Waals surface area contributed by atoms with E-state index in [9.17, 15) is 4.79 Å². The van der Waals surface area contributed by atoms with Crippen molar-refractivity contribution in [3.8, 4) is 0 Å². The van der Waals surface area contributed by atoms with Gasteiger partial charge in [-0.2, -0.15) is 11.3 Å². The van der Waals surface area contributed by atoms with Gasteiger partial charge >= 0.3 is 0 Å². The van der Waals surface area contributed by atoms with Crippen LogP contribution in [-0.2, 0) is 0 Å². The summed E-state index contributed by atoms with van der Waals surface area (Å²) in [7, 11) is 0. The Hall–Kier alpha value is -1.13. The summed E-state index contributed by atoms with van der Waals surface area (Å²) in [4.78, 5) is 12.0. The molecule has 0 aliphatic carbocycles. The van der Waals surface area contributed by atoms with Crippen molar-refractivity contribution < 1.29 is 4.79 Å². The maximum atomic E-state index is 12.0. The first-order chi connectivity index (χ1) is 7.18. The molecule has 0 saturated heterocycles. The number of nitrogen functional groups attached to an aromatic ring is 1. The molecule has 76 valence electrons. The standard InChI is InChI=1S/C11H8BrNOS/c12-10-2-1-8(13)5-9(10)11(14)7-3-4-15-6-7/h1-6H,13H2. The van der Waals surface area contributed by atoms with Crippen molar-refractivity contribution in [2.24, 2.45) is 0 Å². The number of thiophene rings is 1. The Labute approximate surface area is 99.9 Å². The Morgan fingerprint density at radius 3 is 2.80 bits per heavy atom. The zero-order chi connectivity index (χ0) is 10.8. The topological polar surface area (TPSA) is 43.1 Å². The summed E-state index contributed by atoms with van der Waals surface area (Å²) in [5.41, 5.74) is 7.55. The van der Waals surface area contributed by atoms with E-state index in [0.29, 0.717) is 16.8 Å². The van der Waals surface area contributed by atoms with E-state index >= 15 is 0 Å². The van der Waals surface area contributed by atoms with Gasteiger partial charge in [-0.1, -0.05) is 15.9 Å². The summed E-state index contributed by atoms with van der Waals surface area (Å²) >= 11 is 4.85. The maximum Gasteiger partial charge on any atom is 0.195 e. The third-order valence-electron chi connectivity index (χ3n) is 2.02. The maximum absolute atomic E-state index is 12.0. The predicted octanol–water partition coefficient (Wildman–Crippen LogP) is 3.32. The first kappa shape index (κ1) is 10.4. The molecule has 0 atom stereocenters. The number of benzene rings is 1. The lowest BCUT2D eigenvalue weighted by molar-refractivity contribution is 0.103. The van der Waals surface area contributed by atoms with Gasteiger partial charge in [0.2, 0.25) is 0 Å². The zero-order valence-electron chi connectivity index (χ0n) is 7.74. The fourth-order valence-electron chi connectivity index (χ4n) is 1.27. The van der Waals surface area contributed by atoms with Crippen molar-refractivity contribution >= 4 is 38.7 Å². The van der Waals surface area contributed by atoms with Gasteiger partial charge in [0.05, 0.1) is 0 Å². The summed E-state index contributed by atoms with van der Waals surface area (Å²) in [6.45, 7) is 0. The summed E-state index contributed by atoms with van der Waals surface area (Å²) in [6.07, 6.45) is 0. The zero-order valence-corrected chi connectivity index (χ0v) is 10.1. The highest BCUT2D eigenvalue weighted by molar-refractivity contribution is 9.10. The molecule has 2 N–H and O–H groups in total. The van der Waals surface area contributed by atoms with Crippen molar-refractivity contribution in [2.45, 2.75) is 0 Å². The molecule has 1 heterocycles. The quantitative estimate of drug-likeness (QED) is 0.678. The SMILES string of the molecule is Nc1ccc(Br)c(C(=O)c2ccsc2)c1. The van der Waals surface area contributed by atoms with E-state index in [0.717, 1.165) is 4.47 Å². The van der Waals surface area contributed by atoms with Crippen LogP contribution >= 0.6 is 27.3 Å². The summed E-state index contributed by atoms with van der Waals surface area (Å²) in [5.74, 6) is -0.00424. The van der Waals surface area contributed by atoms with E-state index in [-0.39, 0.29) is 5.78 Å². The van der Waals surface area contributed by atoms with Crippen molar-refractivity contribution in [3.63, 3.8) is 0 Å². The lowest BCUT2D eigenvalue weighted by Crippen LogP contribution is -2.01. The van der Waals surface area contributed by atoms with Gasteiger partial charge in [-0.3, -0.25) is 4.79 Å². The van der Waals surface area contributed by atoms with Gasteiger partial charge in [0.1, 0.15) is 0 Å². The number of carbonyl (C=O) groups is 1. The monoisotopic (exact) mass is 281 g/mol. The number of ketones is 1. The van der Waals surface area contributed by atoms with E-state index < -0.39 is 0 Å². The van der Waals surface area contributed by atoms with Gasteiger partial charge in [0, 0.05) is 26.7 Å². The van der Waals surface area contributed by atoms with E-state index in [1.165, 1.54) is 11.3 Å². The molecule has 2 aromatic rings. The average Bonchev–Trinajstić information content (AvgIpc) is 2.74. The highest BCUT2D eigenvalue weighted by atomic mass is 79.9. The second-order valence-corrected chi connectivity index (χ2v) is 4.71. The molecule has 4 heteroatoms.